The van der Waals surface area contributed by atoms with Crippen LogP contribution in [-0.4, -0.2) is 9.97 Å². The van der Waals surface area contributed by atoms with Gasteiger partial charge in [-0.15, -0.1) is 11.3 Å². The van der Waals surface area contributed by atoms with E-state index in [2.05, 4.69) is 164 Å². The molecule has 2 aromatic heterocycles. The normalized spacial score (nSPS) is 11.7. The maximum absolute atomic E-state index is 5.43. The van der Waals surface area contributed by atoms with Crippen molar-refractivity contribution in [1.82, 2.24) is 9.97 Å². The molecule has 0 atom stereocenters. The predicted molar refractivity (Wildman–Crippen MR) is 209 cm³/mol. The number of thiophene rings is 1. The standard InChI is InChI=1S/C46H28N2S/c1-3-11-29(12-4-1)31-19-22-37-39(25-31)40-26-32(30-13-5-2-6-14-30)20-23-38(40)46-45(37)47-28-42(48-46)35-16-8-7-15-34(35)33-21-24-44-41(27-33)36-17-9-10-18-43(36)49-44/h1-28H. The molecule has 2 heterocycles. The molecular formula is C46H28N2S. The Morgan fingerprint density at radius 2 is 0.898 bits per heavy atom. The van der Waals surface area contributed by atoms with E-state index in [0.29, 0.717) is 0 Å². The SMILES string of the molecule is c1ccc(-c2ccc3c(c2)c2cc(-c4ccccc4)ccc2c2nc(-c4ccccc4-c4ccc5sc6ccccc6c5c4)cnc32)cc1. The molecule has 2 nitrogen and oxygen atoms in total. The molecule has 0 aliphatic carbocycles. The smallest absolute Gasteiger partial charge is 0.0979 e. The Labute approximate surface area is 287 Å². The van der Waals surface area contributed by atoms with Gasteiger partial charge in [-0.1, -0.05) is 133 Å². The number of aromatic nitrogens is 2. The molecule has 49 heavy (non-hydrogen) atoms. The Hall–Kier alpha value is -6.16. The average Bonchev–Trinajstić information content (AvgIpc) is 3.56. The first-order valence-electron chi connectivity index (χ1n) is 16.6. The summed E-state index contributed by atoms with van der Waals surface area (Å²) in [7, 11) is 0. The number of nitrogens with zero attached hydrogens (tertiary/aromatic N) is 2. The number of fused-ring (bicyclic) bond motifs is 9. The molecule has 0 spiro atoms. The number of hydrogen-bond acceptors (Lipinski definition) is 3. The minimum absolute atomic E-state index is 0.868. The zero-order valence-corrected chi connectivity index (χ0v) is 27.3. The van der Waals surface area contributed by atoms with Crippen molar-refractivity contribution < 1.29 is 0 Å². The third-order valence-electron chi connectivity index (χ3n) is 9.72. The average molecular weight is 641 g/mol. The van der Waals surface area contributed by atoms with Crippen LogP contribution in [0.25, 0.3) is 97.4 Å². The molecule has 0 radical (unpaired) electrons. The van der Waals surface area contributed by atoms with Gasteiger partial charge in [0, 0.05) is 36.5 Å². The second kappa shape index (κ2) is 11.2. The van der Waals surface area contributed by atoms with Crippen LogP contribution in [0.4, 0.5) is 0 Å². The van der Waals surface area contributed by atoms with Crippen molar-refractivity contribution in [3.63, 3.8) is 0 Å². The summed E-state index contributed by atoms with van der Waals surface area (Å²) in [6.45, 7) is 0. The van der Waals surface area contributed by atoms with Crippen molar-refractivity contribution in [2.75, 3.05) is 0 Å². The van der Waals surface area contributed by atoms with Crippen LogP contribution in [0.3, 0.4) is 0 Å². The van der Waals surface area contributed by atoms with E-state index in [1.54, 1.807) is 0 Å². The molecule has 0 fully saturated rings. The van der Waals surface area contributed by atoms with Crippen LogP contribution in [0.1, 0.15) is 0 Å². The van der Waals surface area contributed by atoms with Crippen LogP contribution in [-0.2, 0) is 0 Å². The second-order valence-electron chi connectivity index (χ2n) is 12.6. The quantitative estimate of drug-likeness (QED) is 0.179. The molecule has 0 aliphatic heterocycles. The minimum atomic E-state index is 0.868. The van der Waals surface area contributed by atoms with Crippen LogP contribution in [0, 0.1) is 0 Å². The van der Waals surface area contributed by atoms with E-state index < -0.39 is 0 Å². The van der Waals surface area contributed by atoms with Crippen molar-refractivity contribution in [3.8, 4) is 44.6 Å². The van der Waals surface area contributed by atoms with Crippen molar-refractivity contribution >= 4 is 64.1 Å². The first-order valence-corrected chi connectivity index (χ1v) is 17.4. The fourth-order valence-corrected chi connectivity index (χ4v) is 8.41. The lowest BCUT2D eigenvalue weighted by molar-refractivity contribution is 1.31. The first-order chi connectivity index (χ1) is 24.3. The molecule has 0 N–H and O–H groups in total. The van der Waals surface area contributed by atoms with Gasteiger partial charge in [0.25, 0.3) is 0 Å². The molecule has 0 unspecified atom stereocenters. The molecule has 228 valence electrons. The maximum Gasteiger partial charge on any atom is 0.0979 e. The minimum Gasteiger partial charge on any atom is -0.252 e. The summed E-state index contributed by atoms with van der Waals surface area (Å²) in [5.74, 6) is 0. The molecule has 0 amide bonds. The zero-order chi connectivity index (χ0) is 32.3. The Bertz CT molecular complexity index is 2870. The number of rotatable bonds is 4. The van der Waals surface area contributed by atoms with Gasteiger partial charge in [-0.3, -0.25) is 4.98 Å². The number of hydrogen-bond donors (Lipinski definition) is 0. The van der Waals surface area contributed by atoms with Crippen molar-refractivity contribution in [2.24, 2.45) is 0 Å². The Kier molecular flexibility index (Phi) is 6.39. The zero-order valence-electron chi connectivity index (χ0n) is 26.5. The molecule has 0 bridgehead atoms. The van der Waals surface area contributed by atoms with E-state index in [4.69, 9.17) is 9.97 Å². The summed E-state index contributed by atoms with van der Waals surface area (Å²) >= 11 is 1.85. The lowest BCUT2D eigenvalue weighted by atomic mass is 9.93. The van der Waals surface area contributed by atoms with Crippen molar-refractivity contribution in [1.29, 1.82) is 0 Å². The summed E-state index contributed by atoms with van der Waals surface area (Å²) in [6, 6.07) is 58.8. The van der Waals surface area contributed by atoms with Crippen molar-refractivity contribution in [3.05, 3.63) is 170 Å². The van der Waals surface area contributed by atoms with Crippen LogP contribution < -0.4 is 0 Å². The molecule has 0 saturated carbocycles. The van der Waals surface area contributed by atoms with E-state index in [0.717, 1.165) is 38.6 Å². The van der Waals surface area contributed by atoms with Gasteiger partial charge in [0.1, 0.15) is 0 Å². The molecule has 0 aliphatic rings. The predicted octanol–water partition coefficient (Wildman–Crippen LogP) is 13.0. The summed E-state index contributed by atoms with van der Waals surface area (Å²) in [4.78, 5) is 10.6. The lowest BCUT2D eigenvalue weighted by Gasteiger charge is -2.14. The van der Waals surface area contributed by atoms with Crippen LogP contribution >= 0.6 is 11.3 Å². The third-order valence-corrected chi connectivity index (χ3v) is 10.9. The highest BCUT2D eigenvalue weighted by atomic mass is 32.1. The Balaban J connectivity index is 1.20. The summed E-state index contributed by atoms with van der Waals surface area (Å²) in [5, 5.41) is 7.16. The fraction of sp³-hybridized carbons (Fsp3) is 0. The molecule has 3 heteroatoms. The van der Waals surface area contributed by atoms with Gasteiger partial charge in [0.15, 0.2) is 0 Å². The summed E-state index contributed by atoms with van der Waals surface area (Å²) in [5.41, 5.74) is 10.9. The van der Waals surface area contributed by atoms with E-state index in [9.17, 15) is 0 Å². The van der Waals surface area contributed by atoms with Crippen molar-refractivity contribution in [2.45, 2.75) is 0 Å². The summed E-state index contributed by atoms with van der Waals surface area (Å²) < 4.78 is 2.62. The molecule has 0 saturated heterocycles. The van der Waals surface area contributed by atoms with E-state index in [1.165, 1.54) is 58.8 Å². The molecular weight excluding hydrogens is 613 g/mol. The fourth-order valence-electron chi connectivity index (χ4n) is 7.32. The molecule has 10 aromatic rings. The Morgan fingerprint density at radius 3 is 1.61 bits per heavy atom. The largest absolute Gasteiger partial charge is 0.252 e. The third kappa shape index (κ3) is 4.62. The highest BCUT2D eigenvalue weighted by Gasteiger charge is 2.17. The van der Waals surface area contributed by atoms with Gasteiger partial charge < -0.3 is 0 Å². The van der Waals surface area contributed by atoms with Gasteiger partial charge in [0.2, 0.25) is 0 Å². The molecule has 8 aromatic carbocycles. The molecule has 10 rings (SSSR count). The monoisotopic (exact) mass is 640 g/mol. The topological polar surface area (TPSA) is 25.8 Å². The van der Waals surface area contributed by atoms with Gasteiger partial charge in [-0.2, -0.15) is 0 Å². The first kappa shape index (κ1) is 27.9. The Morgan fingerprint density at radius 1 is 0.347 bits per heavy atom. The van der Waals surface area contributed by atoms with E-state index in [-0.39, 0.29) is 0 Å². The van der Waals surface area contributed by atoms with Crippen LogP contribution in [0.5, 0.6) is 0 Å². The highest BCUT2D eigenvalue weighted by molar-refractivity contribution is 7.25. The summed E-state index contributed by atoms with van der Waals surface area (Å²) in [6.07, 6.45) is 1.95. The second-order valence-corrected chi connectivity index (χ2v) is 13.6. The van der Waals surface area contributed by atoms with Gasteiger partial charge in [-0.05, 0) is 74.5 Å². The van der Waals surface area contributed by atoms with E-state index in [1.807, 2.05) is 17.5 Å². The van der Waals surface area contributed by atoms with Crippen LogP contribution in [0.15, 0.2) is 170 Å². The maximum atomic E-state index is 5.43. The van der Waals surface area contributed by atoms with Gasteiger partial charge >= 0.3 is 0 Å². The lowest BCUT2D eigenvalue weighted by Crippen LogP contribution is -1.94. The van der Waals surface area contributed by atoms with E-state index >= 15 is 0 Å². The van der Waals surface area contributed by atoms with Gasteiger partial charge in [0.05, 0.1) is 22.9 Å². The van der Waals surface area contributed by atoms with Gasteiger partial charge in [-0.25, -0.2) is 4.98 Å². The number of benzene rings is 8. The van der Waals surface area contributed by atoms with Crippen LogP contribution in [0.2, 0.25) is 0 Å². The highest BCUT2D eigenvalue weighted by Crippen LogP contribution is 2.41.